The van der Waals surface area contributed by atoms with E-state index in [4.69, 9.17) is 5.73 Å². The van der Waals surface area contributed by atoms with Crippen LogP contribution in [0.5, 0.6) is 0 Å². The Morgan fingerprint density at radius 2 is 2.12 bits per heavy atom. The Balaban J connectivity index is 2.51. The largest absolute Gasteiger partial charge is 0.352 e. The lowest BCUT2D eigenvalue weighted by Crippen LogP contribution is -2.25. The van der Waals surface area contributed by atoms with E-state index in [2.05, 4.69) is 5.32 Å². The Labute approximate surface area is 98.3 Å². The van der Waals surface area contributed by atoms with Gasteiger partial charge in [-0.25, -0.2) is 8.78 Å². The first-order valence-electron chi connectivity index (χ1n) is 5.19. The Morgan fingerprint density at radius 1 is 1.35 bits per heavy atom. The molecule has 3 N–H and O–H groups in total. The van der Waals surface area contributed by atoms with E-state index in [1.807, 2.05) is 0 Å². The van der Waals surface area contributed by atoms with Crippen molar-refractivity contribution in [2.45, 2.75) is 6.42 Å². The molecule has 3 nitrogen and oxygen atoms in total. The number of carbonyl (C=O) groups excluding carboxylic acids is 1. The zero-order valence-electron chi connectivity index (χ0n) is 9.25. The third-order valence-corrected chi connectivity index (χ3v) is 2.10. The van der Waals surface area contributed by atoms with Crippen LogP contribution >= 0.6 is 0 Å². The summed E-state index contributed by atoms with van der Waals surface area (Å²) in [4.78, 5) is 11.4. The fourth-order valence-corrected chi connectivity index (χ4v) is 1.27. The number of hydrogen-bond acceptors (Lipinski definition) is 2. The summed E-state index contributed by atoms with van der Waals surface area (Å²) >= 11 is 0. The molecule has 0 saturated carbocycles. The molecule has 0 atom stereocenters. The van der Waals surface area contributed by atoms with Gasteiger partial charge in [0.25, 0.3) is 0 Å². The highest BCUT2D eigenvalue weighted by molar-refractivity contribution is 5.78. The van der Waals surface area contributed by atoms with E-state index in [1.165, 1.54) is 12.1 Å². The molecule has 0 fully saturated rings. The van der Waals surface area contributed by atoms with Gasteiger partial charge in [0.15, 0.2) is 11.6 Å². The van der Waals surface area contributed by atoms with Crippen molar-refractivity contribution < 1.29 is 13.6 Å². The highest BCUT2D eigenvalue weighted by Gasteiger charge is 2.10. The van der Waals surface area contributed by atoms with E-state index < -0.39 is 11.6 Å². The SMILES string of the molecule is NC/C=C/CNC(=O)Cc1cccc(F)c1F. The van der Waals surface area contributed by atoms with Gasteiger partial charge in [-0.05, 0) is 6.07 Å². The normalized spacial score (nSPS) is 10.8. The molecule has 17 heavy (non-hydrogen) atoms. The van der Waals surface area contributed by atoms with Crippen LogP contribution in [-0.2, 0) is 11.2 Å². The first-order valence-corrected chi connectivity index (χ1v) is 5.19. The van der Waals surface area contributed by atoms with Crippen molar-refractivity contribution in [3.8, 4) is 0 Å². The van der Waals surface area contributed by atoms with E-state index in [1.54, 1.807) is 12.2 Å². The first-order chi connectivity index (χ1) is 8.15. The lowest BCUT2D eigenvalue weighted by atomic mass is 10.1. The molecule has 0 unspecified atom stereocenters. The highest BCUT2D eigenvalue weighted by Crippen LogP contribution is 2.11. The monoisotopic (exact) mass is 240 g/mol. The number of nitrogens with two attached hydrogens (primary N) is 1. The minimum Gasteiger partial charge on any atom is -0.352 e. The van der Waals surface area contributed by atoms with Crippen molar-refractivity contribution in [1.29, 1.82) is 0 Å². The molecular weight excluding hydrogens is 226 g/mol. The zero-order valence-corrected chi connectivity index (χ0v) is 9.25. The number of halogens is 2. The topological polar surface area (TPSA) is 55.1 Å². The van der Waals surface area contributed by atoms with E-state index in [0.717, 1.165) is 6.07 Å². The lowest BCUT2D eigenvalue weighted by Gasteiger charge is -2.04. The summed E-state index contributed by atoms with van der Waals surface area (Å²) in [7, 11) is 0. The Bertz CT molecular complexity index is 419. The lowest BCUT2D eigenvalue weighted by molar-refractivity contribution is -0.120. The van der Waals surface area contributed by atoms with E-state index in [9.17, 15) is 13.6 Å². The van der Waals surface area contributed by atoms with Gasteiger partial charge >= 0.3 is 0 Å². The number of amides is 1. The molecule has 0 saturated heterocycles. The van der Waals surface area contributed by atoms with Gasteiger partial charge in [-0.15, -0.1) is 0 Å². The van der Waals surface area contributed by atoms with Crippen molar-refractivity contribution in [2.75, 3.05) is 13.1 Å². The van der Waals surface area contributed by atoms with Crippen molar-refractivity contribution in [3.05, 3.63) is 47.5 Å². The second-order valence-corrected chi connectivity index (χ2v) is 3.40. The molecule has 0 aromatic heterocycles. The number of rotatable bonds is 5. The predicted octanol–water partition coefficient (Wildman–Crippen LogP) is 1.14. The Kier molecular flexibility index (Phi) is 5.29. The van der Waals surface area contributed by atoms with Crippen LogP contribution < -0.4 is 11.1 Å². The molecule has 92 valence electrons. The number of benzene rings is 1. The van der Waals surface area contributed by atoms with Gasteiger partial charge in [-0.1, -0.05) is 24.3 Å². The van der Waals surface area contributed by atoms with Crippen LogP contribution in [-0.4, -0.2) is 19.0 Å². The van der Waals surface area contributed by atoms with Gasteiger partial charge in [0.1, 0.15) is 0 Å². The second-order valence-electron chi connectivity index (χ2n) is 3.40. The summed E-state index contributed by atoms with van der Waals surface area (Å²) in [5.41, 5.74) is 5.26. The first kappa shape index (κ1) is 13.3. The molecule has 0 spiro atoms. The number of nitrogens with one attached hydrogen (secondary N) is 1. The molecule has 0 heterocycles. The maximum Gasteiger partial charge on any atom is 0.224 e. The second kappa shape index (κ2) is 6.75. The fraction of sp³-hybridized carbons (Fsp3) is 0.250. The highest BCUT2D eigenvalue weighted by atomic mass is 19.2. The minimum atomic E-state index is -0.972. The predicted molar refractivity (Wildman–Crippen MR) is 61.3 cm³/mol. The van der Waals surface area contributed by atoms with Gasteiger partial charge in [0.05, 0.1) is 6.42 Å². The van der Waals surface area contributed by atoms with Crippen LogP contribution in [0.25, 0.3) is 0 Å². The van der Waals surface area contributed by atoms with E-state index in [-0.39, 0.29) is 17.9 Å². The number of carbonyl (C=O) groups is 1. The van der Waals surface area contributed by atoms with Crippen molar-refractivity contribution >= 4 is 5.91 Å². The summed E-state index contributed by atoms with van der Waals surface area (Å²) < 4.78 is 26.1. The third-order valence-electron chi connectivity index (χ3n) is 2.10. The molecule has 1 aromatic rings. The van der Waals surface area contributed by atoms with Crippen LogP contribution in [0, 0.1) is 11.6 Å². The molecule has 1 amide bonds. The summed E-state index contributed by atoms with van der Waals surface area (Å²) in [5, 5.41) is 2.54. The van der Waals surface area contributed by atoms with Crippen LogP contribution in [0.1, 0.15) is 5.56 Å². The molecule has 1 rings (SSSR count). The van der Waals surface area contributed by atoms with Gasteiger partial charge < -0.3 is 11.1 Å². The molecule has 1 aromatic carbocycles. The summed E-state index contributed by atoms with van der Waals surface area (Å²) in [6.45, 7) is 0.724. The smallest absolute Gasteiger partial charge is 0.224 e. The maximum atomic E-state index is 13.2. The molecule has 0 aliphatic carbocycles. The quantitative estimate of drug-likeness (QED) is 0.758. The molecule has 0 radical (unpaired) electrons. The molecule has 0 bridgehead atoms. The van der Waals surface area contributed by atoms with Crippen LogP contribution in [0.3, 0.4) is 0 Å². The van der Waals surface area contributed by atoms with Gasteiger partial charge in [0.2, 0.25) is 5.91 Å². The molecule has 5 heteroatoms. The van der Waals surface area contributed by atoms with Crippen LogP contribution in [0.15, 0.2) is 30.4 Å². The fourth-order valence-electron chi connectivity index (χ4n) is 1.27. The maximum absolute atomic E-state index is 13.2. The van der Waals surface area contributed by atoms with E-state index >= 15 is 0 Å². The van der Waals surface area contributed by atoms with Gasteiger partial charge in [-0.3, -0.25) is 4.79 Å². The third kappa shape index (κ3) is 4.32. The van der Waals surface area contributed by atoms with Crippen LogP contribution in [0.4, 0.5) is 8.78 Å². The van der Waals surface area contributed by atoms with Crippen molar-refractivity contribution in [2.24, 2.45) is 5.73 Å². The molecular formula is C12H14F2N2O. The Morgan fingerprint density at radius 3 is 2.82 bits per heavy atom. The van der Waals surface area contributed by atoms with Gasteiger partial charge in [0, 0.05) is 18.7 Å². The molecule has 0 aliphatic rings. The average Bonchev–Trinajstić information content (AvgIpc) is 2.31. The summed E-state index contributed by atoms with van der Waals surface area (Å²) in [5.74, 6) is -2.28. The Hall–Kier alpha value is -1.75. The van der Waals surface area contributed by atoms with Gasteiger partial charge in [-0.2, -0.15) is 0 Å². The summed E-state index contributed by atoms with van der Waals surface area (Å²) in [6, 6.07) is 3.77. The van der Waals surface area contributed by atoms with Crippen molar-refractivity contribution in [1.82, 2.24) is 5.32 Å². The van der Waals surface area contributed by atoms with Crippen LogP contribution in [0.2, 0.25) is 0 Å². The standard InChI is InChI=1S/C12H14F2N2O/c13-10-5-3-4-9(12(10)14)8-11(17)16-7-2-1-6-15/h1-5H,6-8,15H2,(H,16,17)/b2-1+. The number of hydrogen-bond donors (Lipinski definition) is 2. The summed E-state index contributed by atoms with van der Waals surface area (Å²) in [6.07, 6.45) is 3.21. The average molecular weight is 240 g/mol. The molecule has 0 aliphatic heterocycles. The van der Waals surface area contributed by atoms with Crippen molar-refractivity contribution in [3.63, 3.8) is 0 Å². The van der Waals surface area contributed by atoms with E-state index in [0.29, 0.717) is 13.1 Å². The minimum absolute atomic E-state index is 0.0466. The zero-order chi connectivity index (χ0) is 12.7.